The maximum absolute atomic E-state index is 10.2. The molecule has 0 radical (unpaired) electrons. The van der Waals surface area contributed by atoms with E-state index < -0.39 is 0 Å². The second-order valence-corrected chi connectivity index (χ2v) is 1.89. The van der Waals surface area contributed by atoms with Gasteiger partial charge < -0.3 is 4.74 Å². The van der Waals surface area contributed by atoms with Crippen LogP contribution in [-0.2, 0) is 0 Å². The number of methoxy groups -OCH3 is 1. The van der Waals surface area contributed by atoms with E-state index in [1.165, 1.54) is 0 Å². The van der Waals surface area contributed by atoms with E-state index in [1.807, 2.05) is 13.8 Å². The Hall–Kier alpha value is -1.31. The molecule has 0 saturated heterocycles. The first-order valence-corrected chi connectivity index (χ1v) is 3.96. The van der Waals surface area contributed by atoms with Gasteiger partial charge >= 0.3 is 0 Å². The lowest BCUT2D eigenvalue weighted by Gasteiger charge is -1.96. The topological polar surface area (TPSA) is 26.3 Å². The van der Waals surface area contributed by atoms with Crippen molar-refractivity contribution in [1.82, 2.24) is 0 Å². The Morgan fingerprint density at radius 3 is 2.00 bits per heavy atom. The molecule has 0 atom stereocenters. The van der Waals surface area contributed by atoms with Crippen LogP contribution in [0.5, 0.6) is 5.75 Å². The van der Waals surface area contributed by atoms with Crippen molar-refractivity contribution in [3.05, 3.63) is 29.8 Å². The van der Waals surface area contributed by atoms with Crippen LogP contribution >= 0.6 is 0 Å². The fourth-order valence-electron chi connectivity index (χ4n) is 0.682. The van der Waals surface area contributed by atoms with Gasteiger partial charge in [0.05, 0.1) is 7.11 Å². The minimum atomic E-state index is 0.667. The zero-order valence-electron chi connectivity index (χ0n) is 7.70. The van der Waals surface area contributed by atoms with E-state index in [9.17, 15) is 4.79 Å². The van der Waals surface area contributed by atoms with Crippen LogP contribution in [0.15, 0.2) is 24.3 Å². The van der Waals surface area contributed by atoms with E-state index >= 15 is 0 Å². The van der Waals surface area contributed by atoms with Crippen molar-refractivity contribution < 1.29 is 9.53 Å². The third kappa shape index (κ3) is 3.19. The average molecular weight is 166 g/mol. The minimum Gasteiger partial charge on any atom is -0.497 e. The highest BCUT2D eigenvalue weighted by Crippen LogP contribution is 2.09. The predicted molar refractivity (Wildman–Crippen MR) is 49.7 cm³/mol. The normalized spacial score (nSPS) is 7.92. The summed E-state index contributed by atoms with van der Waals surface area (Å²) in [6.45, 7) is 4.00. The molecule has 66 valence electrons. The Labute approximate surface area is 73.2 Å². The van der Waals surface area contributed by atoms with Crippen LogP contribution in [0.3, 0.4) is 0 Å². The molecule has 0 saturated carbocycles. The summed E-state index contributed by atoms with van der Waals surface area (Å²) in [5, 5.41) is 0. The van der Waals surface area contributed by atoms with Crippen molar-refractivity contribution in [3.63, 3.8) is 0 Å². The summed E-state index contributed by atoms with van der Waals surface area (Å²) in [6, 6.07) is 6.94. The Bertz CT molecular complexity index is 214. The molecule has 0 unspecified atom stereocenters. The van der Waals surface area contributed by atoms with Gasteiger partial charge in [0.25, 0.3) is 0 Å². The van der Waals surface area contributed by atoms with E-state index in [0.717, 1.165) is 12.0 Å². The number of carbonyl (C=O) groups excluding carboxylic acids is 1. The number of carbonyl (C=O) groups is 1. The van der Waals surface area contributed by atoms with Gasteiger partial charge in [-0.05, 0) is 24.3 Å². The number of rotatable bonds is 2. The Morgan fingerprint density at radius 1 is 1.17 bits per heavy atom. The lowest BCUT2D eigenvalue weighted by Crippen LogP contribution is -1.82. The number of benzene rings is 1. The van der Waals surface area contributed by atoms with Crippen molar-refractivity contribution in [2.24, 2.45) is 0 Å². The predicted octanol–water partition coefficient (Wildman–Crippen LogP) is 2.53. The van der Waals surface area contributed by atoms with Crippen molar-refractivity contribution in [2.75, 3.05) is 7.11 Å². The summed E-state index contributed by atoms with van der Waals surface area (Å²) in [5.41, 5.74) is 0.667. The van der Waals surface area contributed by atoms with Gasteiger partial charge in [0.1, 0.15) is 12.0 Å². The van der Waals surface area contributed by atoms with Crippen LogP contribution in [-0.4, -0.2) is 13.4 Å². The molecule has 12 heavy (non-hydrogen) atoms. The maximum atomic E-state index is 10.2. The Kier molecular flexibility index (Phi) is 5.70. The van der Waals surface area contributed by atoms with Gasteiger partial charge in [-0.15, -0.1) is 0 Å². The van der Waals surface area contributed by atoms with Crippen molar-refractivity contribution in [3.8, 4) is 5.75 Å². The molecule has 1 aromatic carbocycles. The molecule has 0 heterocycles. The summed E-state index contributed by atoms with van der Waals surface area (Å²) >= 11 is 0. The van der Waals surface area contributed by atoms with Crippen LogP contribution in [0.2, 0.25) is 0 Å². The molecule has 0 spiro atoms. The number of hydrogen-bond donors (Lipinski definition) is 0. The van der Waals surface area contributed by atoms with Crippen LogP contribution in [0, 0.1) is 0 Å². The summed E-state index contributed by atoms with van der Waals surface area (Å²) in [5.74, 6) is 0.769. The largest absolute Gasteiger partial charge is 0.497 e. The molecule has 0 aliphatic heterocycles. The minimum absolute atomic E-state index is 0.667. The van der Waals surface area contributed by atoms with Crippen molar-refractivity contribution in [2.45, 2.75) is 13.8 Å². The van der Waals surface area contributed by atoms with E-state index in [2.05, 4.69) is 0 Å². The molecule has 0 aliphatic rings. The molecule has 0 amide bonds. The molecular weight excluding hydrogens is 152 g/mol. The summed E-state index contributed by atoms with van der Waals surface area (Å²) in [4.78, 5) is 10.2. The molecule has 0 N–H and O–H groups in total. The number of ether oxygens (including phenoxy) is 1. The molecular formula is C10H14O2. The quantitative estimate of drug-likeness (QED) is 0.631. The fourth-order valence-corrected chi connectivity index (χ4v) is 0.682. The first-order valence-electron chi connectivity index (χ1n) is 3.96. The van der Waals surface area contributed by atoms with Crippen LogP contribution in [0.25, 0.3) is 0 Å². The zero-order valence-corrected chi connectivity index (χ0v) is 7.70. The standard InChI is InChI=1S/C8H8O2.C2H6/c1-10-8-4-2-7(6-9)3-5-8;1-2/h2-6H,1H3;1-2H3. The van der Waals surface area contributed by atoms with Crippen LogP contribution in [0.4, 0.5) is 0 Å². The molecule has 0 bridgehead atoms. The van der Waals surface area contributed by atoms with Gasteiger partial charge in [-0.3, -0.25) is 4.79 Å². The monoisotopic (exact) mass is 166 g/mol. The molecule has 1 rings (SSSR count). The second-order valence-electron chi connectivity index (χ2n) is 1.89. The van der Waals surface area contributed by atoms with Gasteiger partial charge in [0.2, 0.25) is 0 Å². The van der Waals surface area contributed by atoms with E-state index in [1.54, 1.807) is 31.4 Å². The first-order chi connectivity index (χ1) is 5.86. The highest BCUT2D eigenvalue weighted by Gasteiger charge is 1.89. The third-order valence-electron chi connectivity index (χ3n) is 1.25. The summed E-state index contributed by atoms with van der Waals surface area (Å²) in [6.07, 6.45) is 0.805. The SMILES string of the molecule is CC.COc1ccc(C=O)cc1. The Morgan fingerprint density at radius 2 is 1.67 bits per heavy atom. The summed E-state index contributed by atoms with van der Waals surface area (Å²) in [7, 11) is 1.59. The maximum Gasteiger partial charge on any atom is 0.150 e. The average Bonchev–Trinajstić information content (AvgIpc) is 2.21. The smallest absolute Gasteiger partial charge is 0.150 e. The molecule has 2 heteroatoms. The van der Waals surface area contributed by atoms with Gasteiger partial charge in [-0.25, -0.2) is 0 Å². The van der Waals surface area contributed by atoms with E-state index in [0.29, 0.717) is 5.56 Å². The molecule has 0 fully saturated rings. The van der Waals surface area contributed by atoms with E-state index in [4.69, 9.17) is 4.74 Å². The first kappa shape index (κ1) is 10.7. The van der Waals surface area contributed by atoms with Gasteiger partial charge in [0.15, 0.2) is 0 Å². The van der Waals surface area contributed by atoms with E-state index in [-0.39, 0.29) is 0 Å². The van der Waals surface area contributed by atoms with Crippen molar-refractivity contribution >= 4 is 6.29 Å². The van der Waals surface area contributed by atoms with Crippen molar-refractivity contribution in [1.29, 1.82) is 0 Å². The lowest BCUT2D eigenvalue weighted by atomic mass is 10.2. The molecule has 2 nitrogen and oxygen atoms in total. The highest BCUT2D eigenvalue weighted by molar-refractivity contribution is 5.74. The second kappa shape index (κ2) is 6.40. The lowest BCUT2D eigenvalue weighted by molar-refractivity contribution is 0.112. The molecule has 0 aliphatic carbocycles. The number of hydrogen-bond acceptors (Lipinski definition) is 2. The fraction of sp³-hybridized carbons (Fsp3) is 0.300. The van der Waals surface area contributed by atoms with Gasteiger partial charge in [-0.1, -0.05) is 13.8 Å². The number of aldehydes is 1. The third-order valence-corrected chi connectivity index (χ3v) is 1.25. The van der Waals surface area contributed by atoms with Gasteiger partial charge in [-0.2, -0.15) is 0 Å². The highest BCUT2D eigenvalue weighted by atomic mass is 16.5. The van der Waals surface area contributed by atoms with Crippen LogP contribution in [0.1, 0.15) is 24.2 Å². The van der Waals surface area contributed by atoms with Gasteiger partial charge in [0, 0.05) is 5.56 Å². The molecule has 1 aromatic rings. The van der Waals surface area contributed by atoms with Crippen LogP contribution < -0.4 is 4.74 Å². The zero-order chi connectivity index (χ0) is 9.40. The Balaban J connectivity index is 0.000000561. The molecule has 0 aromatic heterocycles. The summed E-state index contributed by atoms with van der Waals surface area (Å²) < 4.78 is 4.90.